The van der Waals surface area contributed by atoms with Crippen LogP contribution >= 0.6 is 0 Å². The highest BCUT2D eigenvalue weighted by Crippen LogP contribution is 2.27. The predicted molar refractivity (Wildman–Crippen MR) is 95.3 cm³/mol. The monoisotopic (exact) mass is 343 g/mol. The molecular weight excluding hydrogens is 321 g/mol. The minimum absolute atomic E-state index is 0.252. The minimum atomic E-state index is -0.863. The van der Waals surface area contributed by atoms with Crippen molar-refractivity contribution in [3.63, 3.8) is 0 Å². The second-order valence-corrected chi connectivity index (χ2v) is 6.54. The van der Waals surface area contributed by atoms with Crippen molar-refractivity contribution in [3.8, 4) is 0 Å². The molecule has 25 heavy (non-hydrogen) atoms. The first-order chi connectivity index (χ1) is 11.7. The highest BCUT2D eigenvalue weighted by atomic mass is 19.1. The van der Waals surface area contributed by atoms with E-state index in [0.29, 0.717) is 16.8 Å². The van der Waals surface area contributed by atoms with Crippen molar-refractivity contribution >= 4 is 17.6 Å². The Balaban J connectivity index is 2.32. The number of amides is 1. The van der Waals surface area contributed by atoms with Crippen LogP contribution < -0.4 is 5.32 Å². The van der Waals surface area contributed by atoms with Crippen molar-refractivity contribution in [1.82, 2.24) is 0 Å². The summed E-state index contributed by atoms with van der Waals surface area (Å²) in [6, 6.07) is 9.25. The van der Waals surface area contributed by atoms with E-state index in [9.17, 15) is 14.0 Å². The molecule has 0 aromatic heterocycles. The Bertz CT molecular complexity index is 810. The number of methoxy groups -OCH3 is 1. The Hall–Kier alpha value is -2.69. The van der Waals surface area contributed by atoms with Crippen LogP contribution in [0.4, 0.5) is 10.1 Å². The Morgan fingerprint density at radius 3 is 2.24 bits per heavy atom. The van der Waals surface area contributed by atoms with E-state index in [-0.39, 0.29) is 11.7 Å². The van der Waals surface area contributed by atoms with E-state index in [2.05, 4.69) is 5.32 Å². The van der Waals surface area contributed by atoms with Crippen LogP contribution in [-0.4, -0.2) is 19.0 Å². The maximum Gasteiger partial charge on any atom is 0.338 e. The van der Waals surface area contributed by atoms with E-state index in [1.165, 1.54) is 19.2 Å². The first-order valence-corrected chi connectivity index (χ1v) is 7.94. The predicted octanol–water partition coefficient (Wildman–Crippen LogP) is 4.15. The summed E-state index contributed by atoms with van der Waals surface area (Å²) in [6.45, 7) is 7.22. The fraction of sp³-hybridized carbons (Fsp3) is 0.300. The van der Waals surface area contributed by atoms with Crippen LogP contribution in [0.2, 0.25) is 0 Å². The highest BCUT2D eigenvalue weighted by molar-refractivity contribution is 6.00. The summed E-state index contributed by atoms with van der Waals surface area (Å²) in [7, 11) is 1.32. The maximum absolute atomic E-state index is 13.1. The van der Waals surface area contributed by atoms with Crippen molar-refractivity contribution in [1.29, 1.82) is 0 Å². The van der Waals surface area contributed by atoms with Crippen LogP contribution in [0.25, 0.3) is 0 Å². The van der Waals surface area contributed by atoms with Gasteiger partial charge in [0.05, 0.1) is 18.1 Å². The lowest BCUT2D eigenvalue weighted by molar-refractivity contribution is -0.120. The van der Waals surface area contributed by atoms with E-state index in [4.69, 9.17) is 4.74 Å². The van der Waals surface area contributed by atoms with Crippen molar-refractivity contribution in [2.45, 2.75) is 33.1 Å². The third kappa shape index (κ3) is 3.87. The van der Waals surface area contributed by atoms with Gasteiger partial charge in [-0.3, -0.25) is 4.79 Å². The molecule has 0 radical (unpaired) electrons. The molecule has 2 aromatic rings. The minimum Gasteiger partial charge on any atom is -0.465 e. The zero-order valence-corrected chi connectivity index (χ0v) is 15.1. The van der Waals surface area contributed by atoms with Gasteiger partial charge in [-0.1, -0.05) is 12.1 Å². The van der Waals surface area contributed by atoms with E-state index in [1.807, 2.05) is 13.8 Å². The smallest absolute Gasteiger partial charge is 0.338 e. The molecule has 2 rings (SSSR count). The standard InChI is InChI=1S/C20H22FNO3/c1-12-10-16(11-17(13(12)2)18(23)25-5)22-19(24)20(3,4)14-6-8-15(21)9-7-14/h6-11H,1-5H3,(H,22,24). The molecule has 0 saturated carbocycles. The van der Waals surface area contributed by atoms with Crippen LogP contribution in [0.1, 0.15) is 40.9 Å². The van der Waals surface area contributed by atoms with Crippen LogP contribution in [0.15, 0.2) is 36.4 Å². The first-order valence-electron chi connectivity index (χ1n) is 7.94. The molecule has 0 aliphatic carbocycles. The molecule has 0 unspecified atom stereocenters. The third-order valence-electron chi connectivity index (χ3n) is 4.46. The number of carbonyl (C=O) groups is 2. The Morgan fingerprint density at radius 1 is 1.08 bits per heavy atom. The van der Waals surface area contributed by atoms with Gasteiger partial charge in [-0.2, -0.15) is 0 Å². The van der Waals surface area contributed by atoms with Gasteiger partial charge in [0.25, 0.3) is 0 Å². The summed E-state index contributed by atoms with van der Waals surface area (Å²) in [5.74, 6) is -1.05. The number of rotatable bonds is 4. The zero-order chi connectivity index (χ0) is 18.8. The van der Waals surface area contributed by atoms with Crippen LogP contribution in [-0.2, 0) is 14.9 Å². The molecule has 4 nitrogen and oxygen atoms in total. The molecule has 0 saturated heterocycles. The molecule has 0 aliphatic rings. The number of halogens is 1. The van der Waals surface area contributed by atoms with Crippen molar-refractivity contribution in [3.05, 3.63) is 64.5 Å². The molecular formula is C20H22FNO3. The van der Waals surface area contributed by atoms with Gasteiger partial charge in [-0.25, -0.2) is 9.18 Å². The number of anilines is 1. The second kappa shape index (κ2) is 7.05. The molecule has 1 amide bonds. The average Bonchev–Trinajstić information content (AvgIpc) is 2.57. The summed E-state index contributed by atoms with van der Waals surface area (Å²) in [4.78, 5) is 24.6. The molecule has 0 bridgehead atoms. The van der Waals surface area contributed by atoms with Gasteiger partial charge in [0, 0.05) is 5.69 Å². The Kier molecular flexibility index (Phi) is 5.26. The van der Waals surface area contributed by atoms with Gasteiger partial charge >= 0.3 is 5.97 Å². The first kappa shape index (κ1) is 18.6. The van der Waals surface area contributed by atoms with Crippen LogP contribution in [0.5, 0.6) is 0 Å². The van der Waals surface area contributed by atoms with E-state index in [1.54, 1.807) is 38.1 Å². The topological polar surface area (TPSA) is 55.4 Å². The average molecular weight is 343 g/mol. The summed E-state index contributed by atoms with van der Waals surface area (Å²) >= 11 is 0. The number of nitrogens with one attached hydrogen (secondary N) is 1. The maximum atomic E-state index is 13.1. The van der Waals surface area contributed by atoms with Gasteiger partial charge in [0.2, 0.25) is 5.91 Å². The van der Waals surface area contributed by atoms with Crippen molar-refractivity contribution < 1.29 is 18.7 Å². The molecule has 0 atom stereocenters. The summed E-state index contributed by atoms with van der Waals surface area (Å²) in [6.07, 6.45) is 0. The van der Waals surface area contributed by atoms with Crippen molar-refractivity contribution in [2.24, 2.45) is 0 Å². The van der Waals surface area contributed by atoms with E-state index >= 15 is 0 Å². The molecule has 132 valence electrons. The Morgan fingerprint density at radius 2 is 1.68 bits per heavy atom. The molecule has 1 N–H and O–H groups in total. The molecule has 0 aliphatic heterocycles. The van der Waals surface area contributed by atoms with Crippen LogP contribution in [0, 0.1) is 19.7 Å². The highest BCUT2D eigenvalue weighted by Gasteiger charge is 2.30. The number of ether oxygens (including phenoxy) is 1. The fourth-order valence-corrected chi connectivity index (χ4v) is 2.54. The number of esters is 1. The number of aryl methyl sites for hydroxylation is 1. The second-order valence-electron chi connectivity index (χ2n) is 6.54. The van der Waals surface area contributed by atoms with Gasteiger partial charge < -0.3 is 10.1 Å². The quantitative estimate of drug-likeness (QED) is 0.849. The molecule has 0 spiro atoms. The third-order valence-corrected chi connectivity index (χ3v) is 4.46. The van der Waals surface area contributed by atoms with Gasteiger partial charge in [0.1, 0.15) is 5.82 Å². The molecule has 0 heterocycles. The lowest BCUT2D eigenvalue weighted by atomic mass is 9.83. The normalized spacial score (nSPS) is 11.1. The summed E-state index contributed by atoms with van der Waals surface area (Å²) < 4.78 is 17.9. The van der Waals surface area contributed by atoms with E-state index in [0.717, 1.165) is 11.1 Å². The Labute approximate surface area is 147 Å². The number of benzene rings is 2. The lowest BCUT2D eigenvalue weighted by Gasteiger charge is -2.24. The van der Waals surface area contributed by atoms with Gasteiger partial charge in [0.15, 0.2) is 0 Å². The number of carbonyl (C=O) groups excluding carboxylic acids is 2. The van der Waals surface area contributed by atoms with E-state index < -0.39 is 11.4 Å². The molecule has 2 aromatic carbocycles. The number of hydrogen-bond acceptors (Lipinski definition) is 3. The fourth-order valence-electron chi connectivity index (χ4n) is 2.54. The van der Waals surface area contributed by atoms with Gasteiger partial charge in [-0.15, -0.1) is 0 Å². The van der Waals surface area contributed by atoms with Gasteiger partial charge in [-0.05, 0) is 68.7 Å². The summed E-state index contributed by atoms with van der Waals surface area (Å²) in [5.41, 5.74) is 2.45. The number of hydrogen-bond donors (Lipinski definition) is 1. The molecule has 0 fully saturated rings. The van der Waals surface area contributed by atoms with Crippen LogP contribution in [0.3, 0.4) is 0 Å². The SMILES string of the molecule is COC(=O)c1cc(NC(=O)C(C)(C)c2ccc(F)cc2)cc(C)c1C. The summed E-state index contributed by atoms with van der Waals surface area (Å²) in [5, 5.41) is 2.84. The lowest BCUT2D eigenvalue weighted by Crippen LogP contribution is -2.34. The zero-order valence-electron chi connectivity index (χ0n) is 15.1. The van der Waals surface area contributed by atoms with Crippen molar-refractivity contribution in [2.75, 3.05) is 12.4 Å². The largest absolute Gasteiger partial charge is 0.465 e. The molecule has 5 heteroatoms.